The van der Waals surface area contributed by atoms with Gasteiger partial charge in [-0.15, -0.1) is 0 Å². The largest absolute Gasteiger partial charge is 0.341 e. The van der Waals surface area contributed by atoms with Gasteiger partial charge in [0.1, 0.15) is 0 Å². The first-order valence-corrected chi connectivity index (χ1v) is 9.10. The quantitative estimate of drug-likeness (QED) is 0.605. The molecule has 2 aromatic rings. The second-order valence-electron chi connectivity index (χ2n) is 6.72. The molecule has 0 aliphatic carbocycles. The highest BCUT2D eigenvalue weighted by molar-refractivity contribution is 5.97. The van der Waals surface area contributed by atoms with Crippen molar-refractivity contribution in [2.24, 2.45) is 0 Å². The third-order valence-electron chi connectivity index (χ3n) is 4.39. The number of amides is 4. The lowest BCUT2D eigenvalue weighted by Gasteiger charge is -2.16. The summed E-state index contributed by atoms with van der Waals surface area (Å²) >= 11 is 0. The maximum Gasteiger partial charge on any atom is 0.321 e. The number of nitrogens with two attached hydrogens (primary N) is 1. The molecule has 0 fully saturated rings. The Hall–Kier alpha value is -3.19. The van der Waals surface area contributed by atoms with Crippen LogP contribution in [0, 0.1) is 20.8 Å². The normalized spacial score (nSPS) is 11.4. The van der Waals surface area contributed by atoms with E-state index >= 15 is 0 Å². The second kappa shape index (κ2) is 9.66. The Morgan fingerprint density at radius 3 is 2.18 bits per heavy atom. The van der Waals surface area contributed by atoms with Crippen molar-refractivity contribution in [2.45, 2.75) is 26.8 Å². The number of anilines is 1. The van der Waals surface area contributed by atoms with Crippen LogP contribution in [0.2, 0.25) is 0 Å². The Kier molecular flexibility index (Phi) is 7.28. The van der Waals surface area contributed by atoms with Crippen molar-refractivity contribution < 1.29 is 19.7 Å². The van der Waals surface area contributed by atoms with Crippen LogP contribution in [0.15, 0.2) is 42.5 Å². The lowest BCUT2D eigenvalue weighted by molar-refractivity contribution is -0.672. The van der Waals surface area contributed by atoms with E-state index in [9.17, 15) is 14.4 Å². The van der Waals surface area contributed by atoms with E-state index < -0.39 is 18.0 Å². The number of aryl methyl sites for hydroxylation is 3. The second-order valence-corrected chi connectivity index (χ2v) is 6.72. The molecule has 2 rings (SSSR count). The zero-order valence-corrected chi connectivity index (χ0v) is 16.6. The Morgan fingerprint density at radius 1 is 1.00 bits per heavy atom. The van der Waals surface area contributed by atoms with Crippen LogP contribution in [-0.2, 0) is 9.59 Å². The van der Waals surface area contributed by atoms with Crippen LogP contribution in [0.5, 0.6) is 0 Å². The number of rotatable bonds is 6. The smallest absolute Gasteiger partial charge is 0.321 e. The Morgan fingerprint density at radius 2 is 1.61 bits per heavy atom. The number of hydrogen-bond acceptors (Lipinski definition) is 3. The van der Waals surface area contributed by atoms with E-state index in [-0.39, 0.29) is 12.5 Å². The van der Waals surface area contributed by atoms with Gasteiger partial charge >= 0.3 is 6.03 Å². The molecule has 0 bridgehead atoms. The molecule has 5 N–H and O–H groups in total. The zero-order valence-electron chi connectivity index (χ0n) is 16.6. The average Bonchev–Trinajstić information content (AvgIpc) is 2.65. The third kappa shape index (κ3) is 5.65. The van der Waals surface area contributed by atoms with Gasteiger partial charge in [0.15, 0.2) is 12.6 Å². The van der Waals surface area contributed by atoms with Gasteiger partial charge < -0.3 is 16.0 Å². The van der Waals surface area contributed by atoms with Gasteiger partial charge in [-0.05, 0) is 31.9 Å². The molecule has 0 saturated carbocycles. The van der Waals surface area contributed by atoms with E-state index in [4.69, 9.17) is 0 Å². The summed E-state index contributed by atoms with van der Waals surface area (Å²) in [5, 5.41) is 9.16. The summed E-state index contributed by atoms with van der Waals surface area (Å²) < 4.78 is 0. The lowest BCUT2D eigenvalue weighted by atomic mass is 10.0. The van der Waals surface area contributed by atoms with Gasteiger partial charge in [-0.3, -0.25) is 14.9 Å². The Labute approximate surface area is 164 Å². The van der Waals surface area contributed by atoms with E-state index in [0.717, 1.165) is 22.4 Å². The standard InChI is InChI=1S/C21H26N4O3/c1-13-10-14(2)18(15(3)11-13)24-17(26)12-23-19(16-8-6-5-7-9-16)20(27)25-21(28)22-4/h5-11,19,23H,12H2,1-4H3,(H,24,26)(H2,22,25,27,28)/p+1/t19-/m1/s1. The SMILES string of the molecule is CNC(=O)NC(=O)[C@H]([NH2+]CC(=O)Nc1c(C)cc(C)cc1C)c1ccccc1. The van der Waals surface area contributed by atoms with Crippen molar-refractivity contribution in [1.29, 1.82) is 0 Å². The van der Waals surface area contributed by atoms with Crippen LogP contribution >= 0.6 is 0 Å². The summed E-state index contributed by atoms with van der Waals surface area (Å²) in [5.74, 6) is -0.704. The van der Waals surface area contributed by atoms with Crippen molar-refractivity contribution in [3.8, 4) is 0 Å². The predicted molar refractivity (Wildman–Crippen MR) is 108 cm³/mol. The fraction of sp³-hybridized carbons (Fsp3) is 0.286. The number of quaternary nitrogens is 1. The van der Waals surface area contributed by atoms with Crippen LogP contribution in [0.1, 0.15) is 28.3 Å². The molecule has 0 aromatic heterocycles. The van der Waals surface area contributed by atoms with Gasteiger partial charge in [-0.1, -0.05) is 48.0 Å². The van der Waals surface area contributed by atoms with Gasteiger partial charge in [-0.2, -0.15) is 0 Å². The van der Waals surface area contributed by atoms with Crippen LogP contribution in [0.4, 0.5) is 10.5 Å². The first kappa shape index (κ1) is 21.1. The monoisotopic (exact) mass is 383 g/mol. The van der Waals surface area contributed by atoms with E-state index in [1.54, 1.807) is 17.4 Å². The first-order chi connectivity index (χ1) is 13.3. The van der Waals surface area contributed by atoms with Crippen molar-refractivity contribution in [3.05, 3.63) is 64.7 Å². The predicted octanol–water partition coefficient (Wildman–Crippen LogP) is 1.31. The number of nitrogens with one attached hydrogen (secondary N) is 3. The topological polar surface area (TPSA) is 104 Å². The van der Waals surface area contributed by atoms with Crippen LogP contribution in [0.25, 0.3) is 0 Å². The summed E-state index contributed by atoms with van der Waals surface area (Å²) in [6.07, 6.45) is 0. The summed E-state index contributed by atoms with van der Waals surface area (Å²) in [4.78, 5) is 36.5. The van der Waals surface area contributed by atoms with Crippen molar-refractivity contribution in [3.63, 3.8) is 0 Å². The minimum absolute atomic E-state index is 0.0352. The van der Waals surface area contributed by atoms with Gasteiger partial charge in [-0.25, -0.2) is 4.79 Å². The molecular formula is C21H27N4O3+. The molecule has 4 amide bonds. The minimum atomic E-state index is -0.718. The van der Waals surface area contributed by atoms with Crippen molar-refractivity contribution >= 4 is 23.5 Å². The number of carbonyl (C=O) groups excluding carboxylic acids is 3. The van der Waals surface area contributed by atoms with Crippen LogP contribution < -0.4 is 21.3 Å². The number of benzene rings is 2. The van der Waals surface area contributed by atoms with E-state index in [0.29, 0.717) is 5.56 Å². The molecule has 7 heteroatoms. The summed E-state index contributed by atoms with van der Waals surface area (Å²) in [5.41, 5.74) is 4.61. The zero-order chi connectivity index (χ0) is 20.7. The van der Waals surface area contributed by atoms with Gasteiger partial charge in [0.25, 0.3) is 11.8 Å². The van der Waals surface area contributed by atoms with Gasteiger partial charge in [0.05, 0.1) is 0 Å². The molecule has 2 aromatic carbocycles. The van der Waals surface area contributed by atoms with Crippen LogP contribution in [0.3, 0.4) is 0 Å². The molecule has 0 aliphatic rings. The molecule has 0 saturated heterocycles. The summed E-state index contributed by atoms with van der Waals surface area (Å²) in [6.45, 7) is 5.94. The highest BCUT2D eigenvalue weighted by atomic mass is 16.2. The molecular weight excluding hydrogens is 356 g/mol. The molecule has 0 unspecified atom stereocenters. The first-order valence-electron chi connectivity index (χ1n) is 9.10. The number of carbonyl (C=O) groups is 3. The highest BCUT2D eigenvalue weighted by Gasteiger charge is 2.26. The molecule has 0 aliphatic heterocycles. The third-order valence-corrected chi connectivity index (χ3v) is 4.39. The Balaban J connectivity index is 2.09. The number of imide groups is 1. The fourth-order valence-electron chi connectivity index (χ4n) is 3.10. The minimum Gasteiger partial charge on any atom is -0.341 e. The van der Waals surface area contributed by atoms with Gasteiger partial charge in [0, 0.05) is 18.3 Å². The number of hydrogen-bond donors (Lipinski definition) is 4. The molecule has 0 radical (unpaired) electrons. The summed E-state index contributed by atoms with van der Waals surface area (Å²) in [6, 6.07) is 11.7. The van der Waals surface area contributed by atoms with Crippen molar-refractivity contribution in [2.75, 3.05) is 18.9 Å². The average molecular weight is 383 g/mol. The fourth-order valence-corrected chi connectivity index (χ4v) is 3.10. The van der Waals surface area contributed by atoms with Crippen molar-refractivity contribution in [1.82, 2.24) is 10.6 Å². The number of urea groups is 1. The maximum absolute atomic E-state index is 12.5. The molecule has 1 atom stereocenters. The van der Waals surface area contributed by atoms with Gasteiger partial charge in [0.2, 0.25) is 0 Å². The molecule has 0 heterocycles. The highest BCUT2D eigenvalue weighted by Crippen LogP contribution is 2.21. The van der Waals surface area contributed by atoms with E-state index in [1.807, 2.05) is 51.1 Å². The van der Waals surface area contributed by atoms with E-state index in [1.165, 1.54) is 7.05 Å². The lowest BCUT2D eigenvalue weighted by Crippen LogP contribution is -2.89. The Bertz CT molecular complexity index is 842. The molecule has 28 heavy (non-hydrogen) atoms. The molecule has 148 valence electrons. The molecule has 7 nitrogen and oxygen atoms in total. The van der Waals surface area contributed by atoms with Crippen LogP contribution in [-0.4, -0.2) is 31.4 Å². The maximum atomic E-state index is 12.5. The molecule has 0 spiro atoms. The summed E-state index contributed by atoms with van der Waals surface area (Å²) in [7, 11) is 1.43. The van der Waals surface area contributed by atoms with E-state index in [2.05, 4.69) is 16.0 Å².